The normalized spacial score (nSPS) is 10.9. The number of aromatic amines is 2. The summed E-state index contributed by atoms with van der Waals surface area (Å²) < 4.78 is 13.8. The molecule has 2 N–H and O–H groups in total. The van der Waals surface area contributed by atoms with E-state index < -0.39 is 0 Å². The van der Waals surface area contributed by atoms with E-state index in [0.717, 1.165) is 11.0 Å². The lowest BCUT2D eigenvalue weighted by Crippen LogP contribution is -1.87. The molecule has 0 atom stereocenters. The van der Waals surface area contributed by atoms with Crippen molar-refractivity contribution in [3.63, 3.8) is 0 Å². The van der Waals surface area contributed by atoms with Gasteiger partial charge in [-0.1, -0.05) is 6.92 Å². The number of benzene rings is 1. The maximum Gasteiger partial charge on any atom is 0.175 e. The number of aromatic nitrogens is 2. The minimum atomic E-state index is -0.180. The van der Waals surface area contributed by atoms with Gasteiger partial charge in [0.05, 0.1) is 11.0 Å². The summed E-state index contributed by atoms with van der Waals surface area (Å²) in [5.74, 6) is -0.180. The van der Waals surface area contributed by atoms with E-state index in [2.05, 4.69) is 9.97 Å². The number of imidazole rings is 1. The molecule has 0 aliphatic heterocycles. The third kappa shape index (κ3) is 1.37. The number of nitrogens with one attached hydrogen (secondary N) is 2. The Morgan fingerprint density at radius 3 is 2.54 bits per heavy atom. The predicted octanol–water partition coefficient (Wildman–Crippen LogP) is 2.93. The molecule has 0 spiro atoms. The highest BCUT2D eigenvalue weighted by Crippen LogP contribution is 2.16. The van der Waals surface area contributed by atoms with E-state index in [1.807, 2.05) is 6.92 Å². The Kier molecular flexibility index (Phi) is 1.92. The van der Waals surface area contributed by atoms with Gasteiger partial charge >= 0.3 is 0 Å². The summed E-state index contributed by atoms with van der Waals surface area (Å²) in [6.07, 6.45) is 0.688. The second-order valence-electron chi connectivity index (χ2n) is 2.92. The molecule has 2 aromatic rings. The van der Waals surface area contributed by atoms with Crippen LogP contribution in [0.2, 0.25) is 0 Å². The maximum atomic E-state index is 13.3. The smallest absolute Gasteiger partial charge is 0.175 e. The van der Waals surface area contributed by atoms with Gasteiger partial charge < -0.3 is 9.97 Å². The quantitative estimate of drug-likeness (QED) is 0.675. The fourth-order valence-corrected chi connectivity index (χ4v) is 1.59. The monoisotopic (exact) mass is 196 g/mol. The molecule has 13 heavy (non-hydrogen) atoms. The maximum absolute atomic E-state index is 13.3. The van der Waals surface area contributed by atoms with Crippen molar-refractivity contribution >= 4 is 23.3 Å². The Balaban J connectivity index is 2.80. The van der Waals surface area contributed by atoms with Crippen LogP contribution in [0.5, 0.6) is 0 Å². The van der Waals surface area contributed by atoms with Crippen molar-refractivity contribution in [1.29, 1.82) is 0 Å². The van der Waals surface area contributed by atoms with Gasteiger partial charge in [0.15, 0.2) is 4.77 Å². The first-order chi connectivity index (χ1) is 6.20. The van der Waals surface area contributed by atoms with Crippen molar-refractivity contribution < 1.29 is 4.39 Å². The average Bonchev–Trinajstić information content (AvgIpc) is 2.42. The van der Waals surface area contributed by atoms with Crippen molar-refractivity contribution in [2.75, 3.05) is 0 Å². The van der Waals surface area contributed by atoms with Crippen LogP contribution in [0.4, 0.5) is 4.39 Å². The van der Waals surface area contributed by atoms with E-state index >= 15 is 0 Å². The molecular formula is C9H9FN2S. The van der Waals surface area contributed by atoms with Gasteiger partial charge in [0.25, 0.3) is 0 Å². The highest BCUT2D eigenvalue weighted by atomic mass is 32.1. The zero-order chi connectivity index (χ0) is 9.42. The summed E-state index contributed by atoms with van der Waals surface area (Å²) in [5, 5.41) is 0. The van der Waals surface area contributed by atoms with Crippen molar-refractivity contribution in [2.45, 2.75) is 13.3 Å². The minimum absolute atomic E-state index is 0.180. The van der Waals surface area contributed by atoms with Gasteiger partial charge in [0.2, 0.25) is 0 Å². The molecule has 0 radical (unpaired) electrons. The van der Waals surface area contributed by atoms with Crippen LogP contribution in [0, 0.1) is 10.6 Å². The number of aryl methyl sites for hydroxylation is 1. The van der Waals surface area contributed by atoms with Crippen LogP contribution >= 0.6 is 12.2 Å². The lowest BCUT2D eigenvalue weighted by Gasteiger charge is -1.98. The molecule has 0 aliphatic carbocycles. The minimum Gasteiger partial charge on any atom is -0.331 e. The molecule has 4 heteroatoms. The molecule has 68 valence electrons. The van der Waals surface area contributed by atoms with E-state index in [0.29, 0.717) is 16.8 Å². The fraction of sp³-hybridized carbons (Fsp3) is 0.222. The summed E-state index contributed by atoms with van der Waals surface area (Å²) in [6, 6.07) is 3.26. The van der Waals surface area contributed by atoms with Crippen LogP contribution in [0.3, 0.4) is 0 Å². The standard InChI is InChI=1S/C9H9FN2S/c1-2-5-3-7-8(4-6(5)10)12-9(13)11-7/h3-4H,2H2,1H3,(H2,11,12,13). The molecule has 1 aromatic heterocycles. The Morgan fingerprint density at radius 2 is 1.92 bits per heavy atom. The van der Waals surface area contributed by atoms with Crippen LogP contribution in [-0.2, 0) is 6.42 Å². The third-order valence-corrected chi connectivity index (χ3v) is 2.27. The number of rotatable bonds is 1. The summed E-state index contributed by atoms with van der Waals surface area (Å²) in [4.78, 5) is 5.82. The number of fused-ring (bicyclic) bond motifs is 1. The second kappa shape index (κ2) is 2.96. The zero-order valence-electron chi connectivity index (χ0n) is 7.15. The Morgan fingerprint density at radius 1 is 1.31 bits per heavy atom. The van der Waals surface area contributed by atoms with E-state index in [1.165, 1.54) is 6.07 Å². The lowest BCUT2D eigenvalue weighted by molar-refractivity contribution is 0.614. The van der Waals surface area contributed by atoms with Crippen molar-refractivity contribution in [2.24, 2.45) is 0 Å². The summed E-state index contributed by atoms with van der Waals surface area (Å²) in [6.45, 7) is 1.92. The zero-order valence-corrected chi connectivity index (χ0v) is 7.96. The van der Waals surface area contributed by atoms with Gasteiger partial charge in [-0.3, -0.25) is 0 Å². The van der Waals surface area contributed by atoms with Gasteiger partial charge in [-0.25, -0.2) is 4.39 Å². The molecule has 0 saturated heterocycles. The highest BCUT2D eigenvalue weighted by Gasteiger charge is 2.03. The molecule has 2 rings (SSSR count). The van der Waals surface area contributed by atoms with E-state index in [4.69, 9.17) is 12.2 Å². The van der Waals surface area contributed by atoms with E-state index in [1.54, 1.807) is 6.07 Å². The number of hydrogen-bond donors (Lipinski definition) is 2. The Hall–Kier alpha value is -1.16. The molecule has 0 fully saturated rings. The van der Waals surface area contributed by atoms with Crippen LogP contribution in [0.1, 0.15) is 12.5 Å². The summed E-state index contributed by atoms with van der Waals surface area (Å²) in [7, 11) is 0. The van der Waals surface area contributed by atoms with E-state index in [9.17, 15) is 4.39 Å². The van der Waals surface area contributed by atoms with Crippen LogP contribution in [-0.4, -0.2) is 9.97 Å². The molecule has 1 heterocycles. The van der Waals surface area contributed by atoms with Crippen molar-refractivity contribution in [3.05, 3.63) is 28.3 Å². The number of hydrogen-bond acceptors (Lipinski definition) is 1. The molecule has 0 unspecified atom stereocenters. The molecule has 0 aliphatic rings. The molecule has 1 aromatic carbocycles. The highest BCUT2D eigenvalue weighted by molar-refractivity contribution is 7.71. The Labute approximate surface area is 79.8 Å². The van der Waals surface area contributed by atoms with Gasteiger partial charge in [0.1, 0.15) is 5.82 Å². The number of halogens is 1. The van der Waals surface area contributed by atoms with Crippen LogP contribution in [0.25, 0.3) is 11.0 Å². The van der Waals surface area contributed by atoms with Gasteiger partial charge in [-0.2, -0.15) is 0 Å². The number of H-pyrrole nitrogens is 2. The lowest BCUT2D eigenvalue weighted by atomic mass is 10.1. The molecule has 0 saturated carbocycles. The van der Waals surface area contributed by atoms with Crippen LogP contribution in [0.15, 0.2) is 12.1 Å². The molecule has 0 amide bonds. The molecular weight excluding hydrogens is 187 g/mol. The largest absolute Gasteiger partial charge is 0.331 e. The van der Waals surface area contributed by atoms with Gasteiger partial charge in [-0.05, 0) is 36.3 Å². The predicted molar refractivity (Wildman–Crippen MR) is 52.8 cm³/mol. The topological polar surface area (TPSA) is 31.6 Å². The van der Waals surface area contributed by atoms with E-state index in [-0.39, 0.29) is 5.82 Å². The van der Waals surface area contributed by atoms with Gasteiger partial charge in [0, 0.05) is 0 Å². The average molecular weight is 196 g/mol. The summed E-state index contributed by atoms with van der Waals surface area (Å²) in [5.41, 5.74) is 2.29. The first-order valence-electron chi connectivity index (χ1n) is 4.11. The molecule has 2 nitrogen and oxygen atoms in total. The Bertz CT molecular complexity index is 498. The summed E-state index contributed by atoms with van der Waals surface area (Å²) >= 11 is 4.90. The first kappa shape index (κ1) is 8.44. The molecule has 0 bridgehead atoms. The van der Waals surface area contributed by atoms with Gasteiger partial charge in [-0.15, -0.1) is 0 Å². The van der Waals surface area contributed by atoms with Crippen molar-refractivity contribution in [1.82, 2.24) is 9.97 Å². The fourth-order valence-electron chi connectivity index (χ4n) is 1.37. The van der Waals surface area contributed by atoms with Crippen molar-refractivity contribution in [3.8, 4) is 0 Å². The SMILES string of the molecule is CCc1cc2[nH]c(=S)[nH]c2cc1F. The van der Waals surface area contributed by atoms with Crippen LogP contribution < -0.4 is 0 Å². The third-order valence-electron chi connectivity index (χ3n) is 2.06. The second-order valence-corrected chi connectivity index (χ2v) is 3.33. The first-order valence-corrected chi connectivity index (χ1v) is 4.52.